The summed E-state index contributed by atoms with van der Waals surface area (Å²) in [5.74, 6) is -0.100. The van der Waals surface area contributed by atoms with Gasteiger partial charge >= 0.3 is 5.97 Å². The fourth-order valence-corrected chi connectivity index (χ4v) is 1.47. The number of likely N-dealkylation sites (N-methyl/N-ethyl adjacent to an activating group) is 1. The highest BCUT2D eigenvalue weighted by atomic mass is 16.5. The van der Waals surface area contributed by atoms with Crippen molar-refractivity contribution in [2.24, 2.45) is 0 Å². The van der Waals surface area contributed by atoms with Crippen LogP contribution in [0.4, 0.5) is 0 Å². The van der Waals surface area contributed by atoms with Crippen LogP contribution in [-0.4, -0.2) is 62.5 Å². The molecular formula is C12H24N2O3. The first-order valence-corrected chi connectivity index (χ1v) is 6.00. The Kier molecular flexibility index (Phi) is 8.40. The Morgan fingerprint density at radius 1 is 1.18 bits per heavy atom. The number of esters is 1. The van der Waals surface area contributed by atoms with E-state index in [4.69, 9.17) is 0 Å². The van der Waals surface area contributed by atoms with Crippen LogP contribution in [0.25, 0.3) is 0 Å². The maximum absolute atomic E-state index is 11.6. The third kappa shape index (κ3) is 7.74. The lowest BCUT2D eigenvalue weighted by atomic mass is 10.2. The second-order valence-electron chi connectivity index (χ2n) is 4.24. The molecule has 0 aromatic rings. The Labute approximate surface area is 104 Å². The first-order valence-electron chi connectivity index (χ1n) is 6.00. The minimum atomic E-state index is -0.194. The van der Waals surface area contributed by atoms with Crippen molar-refractivity contribution in [3.63, 3.8) is 0 Å². The lowest BCUT2D eigenvalue weighted by Crippen LogP contribution is -2.37. The van der Waals surface area contributed by atoms with Gasteiger partial charge in [0, 0.05) is 20.5 Å². The Hall–Kier alpha value is -1.10. The summed E-state index contributed by atoms with van der Waals surface area (Å²) < 4.78 is 4.58. The van der Waals surface area contributed by atoms with Crippen LogP contribution in [0.3, 0.4) is 0 Å². The number of rotatable bonds is 8. The third-order valence-electron chi connectivity index (χ3n) is 2.48. The van der Waals surface area contributed by atoms with Crippen LogP contribution in [-0.2, 0) is 14.3 Å². The standard InChI is InChI=1S/C12H24N2O3/c1-5-8-14(10-11(15)13(2)3)9-6-7-12(16)17-4/h5-10H2,1-4H3. The molecule has 0 aliphatic carbocycles. The molecule has 0 rings (SSSR count). The molecule has 0 atom stereocenters. The molecule has 0 radical (unpaired) electrons. The molecule has 5 nitrogen and oxygen atoms in total. The largest absolute Gasteiger partial charge is 0.469 e. The van der Waals surface area contributed by atoms with Gasteiger partial charge in [-0.2, -0.15) is 0 Å². The number of amides is 1. The summed E-state index contributed by atoms with van der Waals surface area (Å²) >= 11 is 0. The number of ether oxygens (including phenoxy) is 1. The van der Waals surface area contributed by atoms with Crippen LogP contribution < -0.4 is 0 Å². The average molecular weight is 244 g/mol. The number of hydrogen-bond donors (Lipinski definition) is 0. The van der Waals surface area contributed by atoms with Gasteiger partial charge in [0.1, 0.15) is 0 Å². The first kappa shape index (κ1) is 15.9. The Bertz CT molecular complexity index is 242. The zero-order chi connectivity index (χ0) is 13.3. The molecule has 0 saturated carbocycles. The fraction of sp³-hybridized carbons (Fsp3) is 0.833. The van der Waals surface area contributed by atoms with Gasteiger partial charge in [-0.05, 0) is 25.9 Å². The molecule has 17 heavy (non-hydrogen) atoms. The highest BCUT2D eigenvalue weighted by molar-refractivity contribution is 5.77. The summed E-state index contributed by atoms with van der Waals surface area (Å²) in [6.45, 7) is 4.12. The minimum absolute atomic E-state index is 0.0940. The van der Waals surface area contributed by atoms with E-state index in [1.165, 1.54) is 7.11 Å². The van der Waals surface area contributed by atoms with Gasteiger partial charge in [0.05, 0.1) is 13.7 Å². The Morgan fingerprint density at radius 2 is 1.82 bits per heavy atom. The van der Waals surface area contributed by atoms with Gasteiger partial charge in [-0.15, -0.1) is 0 Å². The van der Waals surface area contributed by atoms with Crippen molar-refractivity contribution in [1.82, 2.24) is 9.80 Å². The summed E-state index contributed by atoms with van der Waals surface area (Å²) in [6.07, 6.45) is 2.14. The van der Waals surface area contributed by atoms with Gasteiger partial charge in [-0.3, -0.25) is 14.5 Å². The smallest absolute Gasteiger partial charge is 0.305 e. The predicted molar refractivity (Wildman–Crippen MR) is 66.7 cm³/mol. The van der Waals surface area contributed by atoms with Crippen molar-refractivity contribution >= 4 is 11.9 Å². The minimum Gasteiger partial charge on any atom is -0.469 e. The van der Waals surface area contributed by atoms with E-state index in [0.717, 1.165) is 25.9 Å². The monoisotopic (exact) mass is 244 g/mol. The topological polar surface area (TPSA) is 49.9 Å². The van der Waals surface area contributed by atoms with Crippen LogP contribution in [0.1, 0.15) is 26.2 Å². The molecule has 0 spiro atoms. The molecule has 100 valence electrons. The van der Waals surface area contributed by atoms with E-state index in [0.29, 0.717) is 13.0 Å². The number of hydrogen-bond acceptors (Lipinski definition) is 4. The molecular weight excluding hydrogens is 220 g/mol. The Morgan fingerprint density at radius 3 is 2.29 bits per heavy atom. The van der Waals surface area contributed by atoms with Crippen LogP contribution in [0.5, 0.6) is 0 Å². The zero-order valence-electron chi connectivity index (χ0n) is 11.4. The van der Waals surface area contributed by atoms with Crippen LogP contribution in [0, 0.1) is 0 Å². The van der Waals surface area contributed by atoms with E-state index in [9.17, 15) is 9.59 Å². The molecule has 0 fully saturated rings. The molecule has 0 unspecified atom stereocenters. The molecule has 0 aromatic carbocycles. The summed E-state index contributed by atoms with van der Waals surface area (Å²) in [5, 5.41) is 0. The average Bonchev–Trinajstić information content (AvgIpc) is 2.28. The van der Waals surface area contributed by atoms with Crippen molar-refractivity contribution in [1.29, 1.82) is 0 Å². The van der Waals surface area contributed by atoms with E-state index in [1.54, 1.807) is 19.0 Å². The molecule has 0 aliphatic rings. The van der Waals surface area contributed by atoms with Gasteiger partial charge < -0.3 is 9.64 Å². The fourth-order valence-electron chi connectivity index (χ4n) is 1.47. The van der Waals surface area contributed by atoms with Crippen molar-refractivity contribution in [2.45, 2.75) is 26.2 Å². The molecule has 0 N–H and O–H groups in total. The molecule has 0 aromatic heterocycles. The van der Waals surface area contributed by atoms with Crippen LogP contribution >= 0.6 is 0 Å². The van der Waals surface area contributed by atoms with Gasteiger partial charge in [0.15, 0.2) is 0 Å². The van der Waals surface area contributed by atoms with Crippen molar-refractivity contribution in [3.05, 3.63) is 0 Å². The maximum atomic E-state index is 11.6. The van der Waals surface area contributed by atoms with Gasteiger partial charge in [-0.25, -0.2) is 0 Å². The third-order valence-corrected chi connectivity index (χ3v) is 2.48. The van der Waals surface area contributed by atoms with E-state index in [1.807, 2.05) is 0 Å². The number of methoxy groups -OCH3 is 1. The SMILES string of the molecule is CCCN(CCCC(=O)OC)CC(=O)N(C)C. The summed E-state index contributed by atoms with van der Waals surface area (Å²) in [6, 6.07) is 0. The van der Waals surface area contributed by atoms with E-state index < -0.39 is 0 Å². The van der Waals surface area contributed by atoms with E-state index >= 15 is 0 Å². The number of carbonyl (C=O) groups is 2. The van der Waals surface area contributed by atoms with Crippen LogP contribution in [0.15, 0.2) is 0 Å². The number of carbonyl (C=O) groups excluding carboxylic acids is 2. The lowest BCUT2D eigenvalue weighted by Gasteiger charge is -2.22. The van der Waals surface area contributed by atoms with E-state index in [-0.39, 0.29) is 11.9 Å². The molecule has 1 amide bonds. The van der Waals surface area contributed by atoms with E-state index in [2.05, 4.69) is 16.6 Å². The second kappa shape index (κ2) is 8.98. The molecule has 0 aliphatic heterocycles. The van der Waals surface area contributed by atoms with Crippen molar-refractivity contribution in [2.75, 3.05) is 40.8 Å². The molecule has 0 saturated heterocycles. The maximum Gasteiger partial charge on any atom is 0.305 e. The van der Waals surface area contributed by atoms with Gasteiger partial charge in [0.25, 0.3) is 0 Å². The molecule has 0 bridgehead atoms. The van der Waals surface area contributed by atoms with Gasteiger partial charge in [0.2, 0.25) is 5.91 Å². The predicted octanol–water partition coefficient (Wildman–Crippen LogP) is 0.740. The van der Waals surface area contributed by atoms with Crippen molar-refractivity contribution in [3.8, 4) is 0 Å². The Balaban J connectivity index is 3.97. The highest BCUT2D eigenvalue weighted by Gasteiger charge is 2.11. The lowest BCUT2D eigenvalue weighted by molar-refractivity contribution is -0.140. The number of nitrogens with zero attached hydrogens (tertiary/aromatic N) is 2. The molecule has 5 heteroatoms. The highest BCUT2D eigenvalue weighted by Crippen LogP contribution is 1.99. The summed E-state index contributed by atoms with van der Waals surface area (Å²) in [7, 11) is 4.89. The summed E-state index contributed by atoms with van der Waals surface area (Å²) in [5.41, 5.74) is 0. The van der Waals surface area contributed by atoms with Crippen molar-refractivity contribution < 1.29 is 14.3 Å². The zero-order valence-corrected chi connectivity index (χ0v) is 11.4. The normalized spacial score (nSPS) is 10.4. The van der Waals surface area contributed by atoms with Crippen LogP contribution in [0.2, 0.25) is 0 Å². The first-order chi connectivity index (χ1) is 8.01. The second-order valence-corrected chi connectivity index (χ2v) is 4.24. The summed E-state index contributed by atoms with van der Waals surface area (Å²) in [4.78, 5) is 26.2. The quantitative estimate of drug-likeness (QED) is 0.591. The molecule has 0 heterocycles. The van der Waals surface area contributed by atoms with Gasteiger partial charge in [-0.1, -0.05) is 6.92 Å².